The molecule has 4 nitrogen and oxygen atoms in total. The smallest absolute Gasteiger partial charge is 0.252 e. The molecule has 0 spiro atoms. The van der Waals surface area contributed by atoms with Crippen LogP contribution < -0.4 is 11.1 Å². The Morgan fingerprint density at radius 1 is 1.24 bits per heavy atom. The fraction of sp³-hybridized carbons (Fsp3) is 0.385. The van der Waals surface area contributed by atoms with Crippen molar-refractivity contribution in [3.05, 3.63) is 35.4 Å². The minimum Gasteiger partial charge on any atom is -0.368 e. The van der Waals surface area contributed by atoms with Crippen molar-refractivity contribution in [3.8, 4) is 0 Å². The summed E-state index contributed by atoms with van der Waals surface area (Å²) in [7, 11) is 0. The van der Waals surface area contributed by atoms with Crippen molar-refractivity contribution in [1.29, 1.82) is 0 Å². The van der Waals surface area contributed by atoms with Gasteiger partial charge in [0, 0.05) is 5.56 Å². The van der Waals surface area contributed by atoms with E-state index >= 15 is 0 Å². The highest BCUT2D eigenvalue weighted by molar-refractivity contribution is 5.98. The van der Waals surface area contributed by atoms with Gasteiger partial charge in [0.25, 0.3) is 5.91 Å². The first-order chi connectivity index (χ1) is 7.93. The predicted octanol–water partition coefficient (Wildman–Crippen LogP) is 1.23. The summed E-state index contributed by atoms with van der Waals surface area (Å²) in [5.74, 6) is -0.803. The number of nitrogens with two attached hydrogens (primary N) is 1. The Kier molecular flexibility index (Phi) is 4.26. The highest BCUT2D eigenvalue weighted by Crippen LogP contribution is 2.08. The van der Waals surface area contributed by atoms with Gasteiger partial charge in [0.1, 0.15) is 6.04 Å². The molecule has 0 radical (unpaired) electrons. The van der Waals surface area contributed by atoms with Crippen LogP contribution in [-0.2, 0) is 4.79 Å². The van der Waals surface area contributed by atoms with Gasteiger partial charge in [0.15, 0.2) is 0 Å². The molecule has 0 heterocycles. The maximum absolute atomic E-state index is 12.0. The average molecular weight is 234 g/mol. The number of hydrogen-bond acceptors (Lipinski definition) is 2. The molecule has 1 aromatic carbocycles. The van der Waals surface area contributed by atoms with Gasteiger partial charge in [0.2, 0.25) is 5.91 Å². The Balaban J connectivity index is 2.85. The Hall–Kier alpha value is -1.84. The van der Waals surface area contributed by atoms with Crippen molar-refractivity contribution in [1.82, 2.24) is 5.32 Å². The Labute approximate surface area is 101 Å². The monoisotopic (exact) mass is 234 g/mol. The molecule has 0 aliphatic carbocycles. The van der Waals surface area contributed by atoms with Crippen LogP contribution in [-0.4, -0.2) is 17.9 Å². The second-order valence-electron chi connectivity index (χ2n) is 4.41. The van der Waals surface area contributed by atoms with Gasteiger partial charge >= 0.3 is 0 Å². The van der Waals surface area contributed by atoms with Crippen LogP contribution in [0.3, 0.4) is 0 Å². The van der Waals surface area contributed by atoms with Crippen molar-refractivity contribution < 1.29 is 9.59 Å². The molecule has 1 rings (SSSR count). The molecular formula is C13H18N2O2. The molecule has 0 aliphatic rings. The van der Waals surface area contributed by atoms with Crippen LogP contribution in [0, 0.1) is 12.8 Å². The van der Waals surface area contributed by atoms with E-state index in [0.717, 1.165) is 5.56 Å². The summed E-state index contributed by atoms with van der Waals surface area (Å²) in [6, 6.07) is 6.59. The maximum Gasteiger partial charge on any atom is 0.252 e. The van der Waals surface area contributed by atoms with E-state index in [9.17, 15) is 9.59 Å². The van der Waals surface area contributed by atoms with Crippen molar-refractivity contribution in [2.24, 2.45) is 11.7 Å². The van der Waals surface area contributed by atoms with E-state index in [-0.39, 0.29) is 11.8 Å². The molecule has 3 N–H and O–H groups in total. The molecule has 17 heavy (non-hydrogen) atoms. The van der Waals surface area contributed by atoms with Crippen LogP contribution in [0.1, 0.15) is 29.8 Å². The van der Waals surface area contributed by atoms with Gasteiger partial charge in [-0.25, -0.2) is 0 Å². The first-order valence-corrected chi connectivity index (χ1v) is 5.59. The highest BCUT2D eigenvalue weighted by atomic mass is 16.2. The SMILES string of the molecule is Cc1ccccc1C(=O)NC(C(N)=O)C(C)C. The summed E-state index contributed by atoms with van der Waals surface area (Å²) < 4.78 is 0. The highest BCUT2D eigenvalue weighted by Gasteiger charge is 2.22. The van der Waals surface area contributed by atoms with Crippen LogP contribution in [0.15, 0.2) is 24.3 Å². The van der Waals surface area contributed by atoms with Crippen LogP contribution in [0.4, 0.5) is 0 Å². The Morgan fingerprint density at radius 2 is 1.82 bits per heavy atom. The van der Waals surface area contributed by atoms with Gasteiger partial charge in [-0.3, -0.25) is 9.59 Å². The summed E-state index contributed by atoms with van der Waals surface area (Å²) in [5.41, 5.74) is 6.69. The van der Waals surface area contributed by atoms with Gasteiger partial charge in [-0.05, 0) is 24.5 Å². The number of carbonyl (C=O) groups is 2. The van der Waals surface area contributed by atoms with Crippen LogP contribution in [0.5, 0.6) is 0 Å². The lowest BCUT2D eigenvalue weighted by atomic mass is 10.0. The molecule has 4 heteroatoms. The number of aryl methyl sites for hydroxylation is 1. The second-order valence-corrected chi connectivity index (χ2v) is 4.41. The molecular weight excluding hydrogens is 216 g/mol. The normalized spacial score (nSPS) is 12.2. The van der Waals surface area contributed by atoms with E-state index in [0.29, 0.717) is 5.56 Å². The minimum atomic E-state index is -0.637. The third-order valence-electron chi connectivity index (χ3n) is 2.65. The molecule has 0 aromatic heterocycles. The standard InChI is InChI=1S/C13H18N2O2/c1-8(2)11(12(14)16)15-13(17)10-7-5-4-6-9(10)3/h4-8,11H,1-3H3,(H2,14,16)(H,15,17). The van der Waals surface area contributed by atoms with E-state index in [4.69, 9.17) is 5.73 Å². The molecule has 0 fully saturated rings. The summed E-state index contributed by atoms with van der Waals surface area (Å²) in [5, 5.41) is 2.66. The molecule has 2 amide bonds. The lowest BCUT2D eigenvalue weighted by molar-refractivity contribution is -0.120. The third-order valence-corrected chi connectivity index (χ3v) is 2.65. The quantitative estimate of drug-likeness (QED) is 0.822. The van der Waals surface area contributed by atoms with Gasteiger partial charge < -0.3 is 11.1 Å². The molecule has 0 bridgehead atoms. The molecule has 92 valence electrons. The summed E-state index contributed by atoms with van der Waals surface area (Å²) in [4.78, 5) is 23.2. The lowest BCUT2D eigenvalue weighted by Gasteiger charge is -2.19. The Morgan fingerprint density at radius 3 is 2.29 bits per heavy atom. The zero-order chi connectivity index (χ0) is 13.0. The fourth-order valence-electron chi connectivity index (χ4n) is 1.61. The summed E-state index contributed by atoms with van der Waals surface area (Å²) in [6.45, 7) is 5.53. The first kappa shape index (κ1) is 13.2. The molecule has 1 unspecified atom stereocenters. The molecule has 1 atom stereocenters. The zero-order valence-electron chi connectivity index (χ0n) is 10.4. The van der Waals surface area contributed by atoms with E-state index in [1.807, 2.05) is 32.9 Å². The van der Waals surface area contributed by atoms with Gasteiger partial charge in [0.05, 0.1) is 0 Å². The van der Waals surface area contributed by atoms with Gasteiger partial charge in [-0.2, -0.15) is 0 Å². The van der Waals surface area contributed by atoms with Crippen molar-refractivity contribution in [3.63, 3.8) is 0 Å². The lowest BCUT2D eigenvalue weighted by Crippen LogP contribution is -2.47. The van der Waals surface area contributed by atoms with E-state index in [1.54, 1.807) is 12.1 Å². The number of primary amides is 1. The Bertz CT molecular complexity index is 427. The maximum atomic E-state index is 12.0. The van der Waals surface area contributed by atoms with Crippen LogP contribution >= 0.6 is 0 Å². The van der Waals surface area contributed by atoms with Crippen molar-refractivity contribution in [2.75, 3.05) is 0 Å². The zero-order valence-corrected chi connectivity index (χ0v) is 10.4. The molecule has 0 aliphatic heterocycles. The summed E-state index contributed by atoms with van der Waals surface area (Å²) in [6.07, 6.45) is 0. The number of hydrogen-bond donors (Lipinski definition) is 2. The number of amides is 2. The average Bonchev–Trinajstić information content (AvgIpc) is 2.25. The number of nitrogens with one attached hydrogen (secondary N) is 1. The van der Waals surface area contributed by atoms with E-state index in [1.165, 1.54) is 0 Å². The van der Waals surface area contributed by atoms with Gasteiger partial charge in [-0.1, -0.05) is 32.0 Å². The minimum absolute atomic E-state index is 0.0273. The van der Waals surface area contributed by atoms with E-state index < -0.39 is 11.9 Å². The van der Waals surface area contributed by atoms with Gasteiger partial charge in [-0.15, -0.1) is 0 Å². The van der Waals surface area contributed by atoms with Crippen LogP contribution in [0.25, 0.3) is 0 Å². The number of rotatable bonds is 4. The first-order valence-electron chi connectivity index (χ1n) is 5.59. The third kappa shape index (κ3) is 3.31. The predicted molar refractivity (Wildman–Crippen MR) is 66.5 cm³/mol. The number of carbonyl (C=O) groups excluding carboxylic acids is 2. The van der Waals surface area contributed by atoms with Crippen LogP contribution in [0.2, 0.25) is 0 Å². The fourth-order valence-corrected chi connectivity index (χ4v) is 1.61. The second kappa shape index (κ2) is 5.48. The molecule has 0 saturated carbocycles. The summed E-state index contributed by atoms with van der Waals surface area (Å²) >= 11 is 0. The van der Waals surface area contributed by atoms with E-state index in [2.05, 4.69) is 5.32 Å². The van der Waals surface area contributed by atoms with Crippen molar-refractivity contribution in [2.45, 2.75) is 26.8 Å². The molecule has 0 saturated heterocycles. The largest absolute Gasteiger partial charge is 0.368 e. The number of benzene rings is 1. The molecule has 1 aromatic rings. The van der Waals surface area contributed by atoms with Crippen molar-refractivity contribution >= 4 is 11.8 Å². The topological polar surface area (TPSA) is 72.2 Å².